The maximum atomic E-state index is 13.7. The Kier molecular flexibility index (Phi) is 4.02. The zero-order valence-electron chi connectivity index (χ0n) is 10.6. The van der Waals surface area contributed by atoms with Gasteiger partial charge >= 0.3 is 0 Å². The summed E-state index contributed by atoms with van der Waals surface area (Å²) in [5.74, 6) is 4.04. The molecule has 1 amide bonds. The van der Waals surface area contributed by atoms with Gasteiger partial charge in [0.25, 0.3) is 11.9 Å². The molecule has 0 bridgehead atoms. The number of benzene rings is 1. The summed E-state index contributed by atoms with van der Waals surface area (Å²) in [5, 5.41) is 13.4. The van der Waals surface area contributed by atoms with Crippen molar-refractivity contribution in [1.82, 2.24) is 20.2 Å². The number of amides is 1. The van der Waals surface area contributed by atoms with Crippen LogP contribution in [0.3, 0.4) is 0 Å². The molecule has 20 heavy (non-hydrogen) atoms. The molecule has 0 radical (unpaired) electrons. The average molecular weight is 274 g/mol. The molecule has 0 atom stereocenters. The summed E-state index contributed by atoms with van der Waals surface area (Å²) in [7, 11) is 1.56. The molecule has 0 fully saturated rings. The minimum absolute atomic E-state index is 0.0462. The topological polar surface area (TPSA) is 98.7 Å². The molecule has 1 aromatic heterocycles. The van der Waals surface area contributed by atoms with Crippen molar-refractivity contribution < 1.29 is 9.18 Å². The van der Waals surface area contributed by atoms with Crippen LogP contribution in [0, 0.1) is 17.7 Å². The first-order chi connectivity index (χ1) is 9.60. The van der Waals surface area contributed by atoms with E-state index in [1.165, 1.54) is 16.9 Å². The first-order valence-corrected chi connectivity index (χ1v) is 5.64. The van der Waals surface area contributed by atoms with E-state index < -0.39 is 11.7 Å². The van der Waals surface area contributed by atoms with Crippen LogP contribution in [0.1, 0.15) is 15.9 Å². The van der Waals surface area contributed by atoms with Crippen molar-refractivity contribution in [3.05, 3.63) is 35.1 Å². The van der Waals surface area contributed by atoms with E-state index in [-0.39, 0.29) is 23.6 Å². The van der Waals surface area contributed by atoms with Crippen LogP contribution >= 0.6 is 0 Å². The van der Waals surface area contributed by atoms with E-state index in [1.54, 1.807) is 7.05 Å². The van der Waals surface area contributed by atoms with Crippen LogP contribution in [0.4, 0.5) is 10.3 Å². The number of anilines is 1. The third kappa shape index (κ3) is 3.15. The number of hydrogen-bond acceptors (Lipinski definition) is 5. The summed E-state index contributed by atoms with van der Waals surface area (Å²) in [6.07, 6.45) is 0. The molecule has 0 unspecified atom stereocenters. The lowest BCUT2D eigenvalue weighted by molar-refractivity contribution is 0.102. The molecule has 2 aromatic rings. The van der Waals surface area contributed by atoms with E-state index in [4.69, 9.17) is 5.73 Å². The lowest BCUT2D eigenvalue weighted by Gasteiger charge is -2.02. The Labute approximate surface area is 114 Å². The van der Waals surface area contributed by atoms with Gasteiger partial charge < -0.3 is 5.73 Å². The van der Waals surface area contributed by atoms with Gasteiger partial charge in [-0.3, -0.25) is 10.1 Å². The Morgan fingerprint density at radius 1 is 1.55 bits per heavy atom. The average Bonchev–Trinajstić information content (AvgIpc) is 2.82. The molecule has 2 rings (SSSR count). The summed E-state index contributed by atoms with van der Waals surface area (Å²) in [6.45, 7) is 0.139. The molecular weight excluding hydrogens is 263 g/mol. The maximum Gasteiger partial charge on any atom is 0.270 e. The third-order valence-corrected chi connectivity index (χ3v) is 2.29. The van der Waals surface area contributed by atoms with Crippen LogP contribution in [-0.4, -0.2) is 32.7 Å². The molecule has 102 valence electrons. The summed E-state index contributed by atoms with van der Waals surface area (Å²) in [5.41, 5.74) is 5.53. The largest absolute Gasteiger partial charge is 0.320 e. The molecule has 0 spiro atoms. The number of halogens is 1. The van der Waals surface area contributed by atoms with Crippen LogP contribution in [0.25, 0.3) is 0 Å². The zero-order valence-corrected chi connectivity index (χ0v) is 10.6. The van der Waals surface area contributed by atoms with Gasteiger partial charge in [-0.1, -0.05) is 16.9 Å². The highest BCUT2D eigenvalue weighted by Crippen LogP contribution is 2.10. The second-order valence-corrected chi connectivity index (χ2v) is 3.76. The first-order valence-electron chi connectivity index (χ1n) is 5.64. The first kappa shape index (κ1) is 13.6. The summed E-state index contributed by atoms with van der Waals surface area (Å²) < 4.78 is 13.7. The van der Waals surface area contributed by atoms with E-state index in [2.05, 4.69) is 32.6 Å². The highest BCUT2D eigenvalue weighted by Gasteiger charge is 2.11. The van der Waals surface area contributed by atoms with Crippen molar-refractivity contribution in [3.63, 3.8) is 0 Å². The number of aromatic nitrogens is 4. The number of nitrogens with zero attached hydrogens (tertiary/aromatic N) is 4. The van der Waals surface area contributed by atoms with E-state index in [9.17, 15) is 9.18 Å². The normalized spacial score (nSPS) is 9.75. The quantitative estimate of drug-likeness (QED) is 0.746. The molecule has 1 aromatic carbocycles. The zero-order chi connectivity index (χ0) is 14.5. The van der Waals surface area contributed by atoms with Gasteiger partial charge in [0.05, 0.1) is 19.2 Å². The van der Waals surface area contributed by atoms with Crippen molar-refractivity contribution >= 4 is 11.9 Å². The van der Waals surface area contributed by atoms with Crippen LogP contribution in [0.5, 0.6) is 0 Å². The molecule has 0 saturated carbocycles. The van der Waals surface area contributed by atoms with Gasteiger partial charge in [0.1, 0.15) is 5.82 Å². The number of rotatable bonds is 2. The highest BCUT2D eigenvalue weighted by atomic mass is 19.1. The van der Waals surface area contributed by atoms with E-state index in [0.717, 1.165) is 6.07 Å². The van der Waals surface area contributed by atoms with Crippen molar-refractivity contribution in [2.45, 2.75) is 0 Å². The fourth-order valence-corrected chi connectivity index (χ4v) is 1.41. The smallest absolute Gasteiger partial charge is 0.270 e. The van der Waals surface area contributed by atoms with Crippen LogP contribution in [-0.2, 0) is 7.05 Å². The number of aryl methyl sites for hydroxylation is 1. The molecule has 3 N–H and O–H groups in total. The minimum atomic E-state index is -0.592. The monoisotopic (exact) mass is 274 g/mol. The van der Waals surface area contributed by atoms with Crippen LogP contribution < -0.4 is 11.1 Å². The van der Waals surface area contributed by atoms with Gasteiger partial charge in [0.15, 0.2) is 0 Å². The van der Waals surface area contributed by atoms with Crippen molar-refractivity contribution in [2.75, 3.05) is 11.9 Å². The lowest BCUT2D eigenvalue weighted by Crippen LogP contribution is -2.13. The fourth-order valence-electron chi connectivity index (χ4n) is 1.41. The Balaban J connectivity index is 2.16. The van der Waals surface area contributed by atoms with Gasteiger partial charge in [0.2, 0.25) is 0 Å². The fraction of sp³-hybridized carbons (Fsp3) is 0.167. The molecule has 7 nitrogen and oxygen atoms in total. The van der Waals surface area contributed by atoms with Crippen molar-refractivity contribution in [1.29, 1.82) is 0 Å². The predicted octanol–water partition coefficient (Wildman–Crippen LogP) is -0.0883. The Bertz CT molecular complexity index is 699. The lowest BCUT2D eigenvalue weighted by atomic mass is 10.1. The molecule has 0 aliphatic carbocycles. The minimum Gasteiger partial charge on any atom is -0.320 e. The molecule has 0 aliphatic heterocycles. The number of hydrogen-bond donors (Lipinski definition) is 2. The summed E-state index contributed by atoms with van der Waals surface area (Å²) in [4.78, 5) is 13.0. The molecule has 0 aliphatic rings. The van der Waals surface area contributed by atoms with Crippen LogP contribution in [0.15, 0.2) is 18.2 Å². The number of nitrogens with one attached hydrogen (secondary N) is 1. The number of tetrazole rings is 1. The standard InChI is InChI=1S/C12H11FN6O/c1-19-17-12(16-18-19)15-11(20)9-5-4-8(3-2-6-14)10(13)7-9/h4-5,7H,6,14H2,1H3,(H,15,17,20). The molecule has 8 heteroatoms. The van der Waals surface area contributed by atoms with Gasteiger partial charge in [-0.25, -0.2) is 4.39 Å². The van der Waals surface area contributed by atoms with E-state index in [1.807, 2.05) is 0 Å². The summed E-state index contributed by atoms with van der Waals surface area (Å²) in [6, 6.07) is 3.96. The second kappa shape index (κ2) is 5.90. The molecule has 1 heterocycles. The van der Waals surface area contributed by atoms with Gasteiger partial charge in [0, 0.05) is 5.56 Å². The van der Waals surface area contributed by atoms with Gasteiger partial charge in [-0.2, -0.15) is 4.80 Å². The van der Waals surface area contributed by atoms with Crippen LogP contribution in [0.2, 0.25) is 0 Å². The summed E-state index contributed by atoms with van der Waals surface area (Å²) >= 11 is 0. The van der Waals surface area contributed by atoms with Gasteiger partial charge in [-0.15, -0.1) is 5.10 Å². The molecule has 0 saturated heterocycles. The Hall–Kier alpha value is -2.79. The number of carbonyl (C=O) groups excluding carboxylic acids is 1. The van der Waals surface area contributed by atoms with E-state index in [0.29, 0.717) is 0 Å². The second-order valence-electron chi connectivity index (χ2n) is 3.76. The van der Waals surface area contributed by atoms with Crippen molar-refractivity contribution in [2.24, 2.45) is 12.8 Å². The van der Waals surface area contributed by atoms with Gasteiger partial charge in [-0.05, 0) is 23.4 Å². The third-order valence-electron chi connectivity index (χ3n) is 2.29. The predicted molar refractivity (Wildman–Crippen MR) is 69.1 cm³/mol. The Morgan fingerprint density at radius 3 is 2.95 bits per heavy atom. The van der Waals surface area contributed by atoms with E-state index >= 15 is 0 Å². The van der Waals surface area contributed by atoms with Crippen molar-refractivity contribution in [3.8, 4) is 11.8 Å². The highest BCUT2D eigenvalue weighted by molar-refractivity contribution is 6.03. The Morgan fingerprint density at radius 2 is 2.35 bits per heavy atom. The number of nitrogens with two attached hydrogens (primary N) is 1. The number of carbonyl (C=O) groups is 1. The maximum absolute atomic E-state index is 13.7. The molecular formula is C12H11FN6O. The SMILES string of the molecule is Cn1nnc(NC(=O)c2ccc(C#CCN)c(F)c2)n1.